The Hall–Kier alpha value is -2.36. The van der Waals surface area contributed by atoms with Crippen LogP contribution in [0.1, 0.15) is 11.1 Å². The van der Waals surface area contributed by atoms with Gasteiger partial charge < -0.3 is 10.6 Å². The predicted octanol–water partition coefficient (Wildman–Crippen LogP) is 3.49. The van der Waals surface area contributed by atoms with E-state index in [1.807, 2.05) is 31.2 Å². The average molecular weight is 272 g/mol. The lowest BCUT2D eigenvalue weighted by Gasteiger charge is -2.08. The second-order valence-corrected chi connectivity index (χ2v) is 4.73. The van der Waals surface area contributed by atoms with Gasteiger partial charge in [-0.2, -0.15) is 0 Å². The molecule has 0 aromatic heterocycles. The monoisotopic (exact) mass is 272 g/mol. The Balaban J connectivity index is 1.88. The molecule has 0 unspecified atom stereocenters. The number of carbonyl (C=O) groups excluding carboxylic acids is 1. The fourth-order valence-corrected chi connectivity index (χ4v) is 1.73. The van der Waals surface area contributed by atoms with Crippen LogP contribution in [0.2, 0.25) is 0 Å². The molecule has 1 amide bonds. The van der Waals surface area contributed by atoms with E-state index in [9.17, 15) is 9.18 Å². The quantitative estimate of drug-likeness (QED) is 0.894. The first-order valence-electron chi connectivity index (χ1n) is 6.41. The Bertz CT molecular complexity index is 608. The van der Waals surface area contributed by atoms with Gasteiger partial charge in [-0.3, -0.25) is 4.79 Å². The predicted molar refractivity (Wildman–Crippen MR) is 79.4 cm³/mol. The molecule has 0 aliphatic carbocycles. The number of amides is 1. The molecule has 2 aromatic carbocycles. The first-order valence-corrected chi connectivity index (χ1v) is 6.41. The maximum absolute atomic E-state index is 13.3. The topological polar surface area (TPSA) is 41.1 Å². The second kappa shape index (κ2) is 6.19. The van der Waals surface area contributed by atoms with Crippen molar-refractivity contribution in [2.24, 2.45) is 0 Å². The molecule has 0 aliphatic heterocycles. The third kappa shape index (κ3) is 3.82. The minimum atomic E-state index is -0.283. The second-order valence-electron chi connectivity index (χ2n) is 4.73. The lowest BCUT2D eigenvalue weighted by atomic mass is 10.2. The van der Waals surface area contributed by atoms with Gasteiger partial charge in [0.05, 0.1) is 6.54 Å². The molecule has 0 atom stereocenters. The van der Waals surface area contributed by atoms with Gasteiger partial charge in [-0.1, -0.05) is 23.8 Å². The molecular formula is C16H17FN2O. The molecule has 20 heavy (non-hydrogen) atoms. The summed E-state index contributed by atoms with van der Waals surface area (Å²) in [5.74, 6) is -0.455. The van der Waals surface area contributed by atoms with E-state index in [0.29, 0.717) is 11.3 Å². The number of nitrogens with one attached hydrogen (secondary N) is 2. The van der Waals surface area contributed by atoms with Crippen LogP contribution in [0, 0.1) is 19.7 Å². The molecule has 0 spiro atoms. The maximum Gasteiger partial charge on any atom is 0.243 e. The fourth-order valence-electron chi connectivity index (χ4n) is 1.73. The summed E-state index contributed by atoms with van der Waals surface area (Å²) in [5, 5.41) is 5.66. The van der Waals surface area contributed by atoms with Crippen LogP contribution in [0.4, 0.5) is 15.8 Å². The first-order chi connectivity index (χ1) is 9.54. The Kier molecular flexibility index (Phi) is 4.35. The van der Waals surface area contributed by atoms with E-state index in [1.165, 1.54) is 6.07 Å². The van der Waals surface area contributed by atoms with Crippen molar-refractivity contribution in [2.45, 2.75) is 13.8 Å². The van der Waals surface area contributed by atoms with E-state index in [-0.39, 0.29) is 18.3 Å². The van der Waals surface area contributed by atoms with Crippen molar-refractivity contribution >= 4 is 17.3 Å². The van der Waals surface area contributed by atoms with Crippen molar-refractivity contribution in [1.29, 1.82) is 0 Å². The molecule has 0 fully saturated rings. The van der Waals surface area contributed by atoms with Crippen LogP contribution >= 0.6 is 0 Å². The summed E-state index contributed by atoms with van der Waals surface area (Å²) in [6.07, 6.45) is 0. The van der Waals surface area contributed by atoms with Crippen LogP contribution in [0.5, 0.6) is 0 Å². The van der Waals surface area contributed by atoms with Crippen LogP contribution < -0.4 is 10.6 Å². The van der Waals surface area contributed by atoms with Crippen molar-refractivity contribution in [1.82, 2.24) is 0 Å². The van der Waals surface area contributed by atoms with E-state index in [4.69, 9.17) is 0 Å². The van der Waals surface area contributed by atoms with Crippen molar-refractivity contribution in [3.63, 3.8) is 0 Å². The lowest BCUT2D eigenvalue weighted by Crippen LogP contribution is -2.21. The van der Waals surface area contributed by atoms with E-state index < -0.39 is 0 Å². The molecule has 3 nitrogen and oxygen atoms in total. The normalized spacial score (nSPS) is 10.2. The molecule has 0 saturated heterocycles. The summed E-state index contributed by atoms with van der Waals surface area (Å²) < 4.78 is 13.3. The summed E-state index contributed by atoms with van der Waals surface area (Å²) in [4.78, 5) is 11.8. The number of carbonyl (C=O) groups is 1. The van der Waals surface area contributed by atoms with Gasteiger partial charge in [0.2, 0.25) is 5.91 Å². The van der Waals surface area contributed by atoms with Crippen molar-refractivity contribution < 1.29 is 9.18 Å². The minimum absolute atomic E-state index is 0.0936. The molecule has 0 aliphatic rings. The zero-order valence-corrected chi connectivity index (χ0v) is 11.5. The Labute approximate surface area is 117 Å². The smallest absolute Gasteiger partial charge is 0.243 e. The summed E-state index contributed by atoms with van der Waals surface area (Å²) in [6, 6.07) is 12.4. The van der Waals surface area contributed by atoms with Gasteiger partial charge in [-0.25, -0.2) is 4.39 Å². The summed E-state index contributed by atoms with van der Waals surface area (Å²) in [6.45, 7) is 3.78. The van der Waals surface area contributed by atoms with E-state index >= 15 is 0 Å². The van der Waals surface area contributed by atoms with Gasteiger partial charge in [-0.15, -0.1) is 0 Å². The molecule has 0 saturated carbocycles. The third-order valence-corrected chi connectivity index (χ3v) is 2.96. The van der Waals surface area contributed by atoms with Crippen LogP contribution in [-0.2, 0) is 4.79 Å². The highest BCUT2D eigenvalue weighted by atomic mass is 19.1. The molecule has 0 heterocycles. The van der Waals surface area contributed by atoms with Gasteiger partial charge in [-0.05, 0) is 43.7 Å². The summed E-state index contributed by atoms with van der Waals surface area (Å²) >= 11 is 0. The van der Waals surface area contributed by atoms with Gasteiger partial charge in [0.15, 0.2) is 0 Å². The molecule has 4 heteroatoms. The Morgan fingerprint density at radius 2 is 1.70 bits per heavy atom. The molecule has 2 rings (SSSR count). The van der Waals surface area contributed by atoms with E-state index in [1.54, 1.807) is 19.1 Å². The molecule has 2 aromatic rings. The van der Waals surface area contributed by atoms with Crippen molar-refractivity contribution in [2.75, 3.05) is 17.2 Å². The minimum Gasteiger partial charge on any atom is -0.376 e. The number of benzene rings is 2. The molecular weight excluding hydrogens is 255 g/mol. The zero-order chi connectivity index (χ0) is 14.5. The number of hydrogen-bond acceptors (Lipinski definition) is 2. The van der Waals surface area contributed by atoms with Gasteiger partial charge in [0, 0.05) is 11.4 Å². The van der Waals surface area contributed by atoms with Gasteiger partial charge >= 0.3 is 0 Å². The number of rotatable bonds is 4. The maximum atomic E-state index is 13.3. The molecule has 0 radical (unpaired) electrons. The summed E-state index contributed by atoms with van der Waals surface area (Å²) in [7, 11) is 0. The Morgan fingerprint density at radius 1 is 1.05 bits per heavy atom. The standard InChI is InChI=1S/C16H17FN2O/c1-11-3-6-13(7-4-11)19-16(20)10-18-14-8-5-12(2)15(17)9-14/h3-9,18H,10H2,1-2H3,(H,19,20). The van der Waals surface area contributed by atoms with E-state index in [2.05, 4.69) is 10.6 Å². The van der Waals surface area contributed by atoms with Gasteiger partial charge in [0.25, 0.3) is 0 Å². The fraction of sp³-hybridized carbons (Fsp3) is 0.188. The number of aryl methyl sites for hydroxylation is 2. The van der Waals surface area contributed by atoms with Crippen LogP contribution in [0.3, 0.4) is 0 Å². The highest BCUT2D eigenvalue weighted by Crippen LogP contribution is 2.13. The summed E-state index contributed by atoms with van der Waals surface area (Å²) in [5.41, 5.74) is 3.06. The lowest BCUT2D eigenvalue weighted by molar-refractivity contribution is -0.114. The highest BCUT2D eigenvalue weighted by Gasteiger charge is 2.03. The SMILES string of the molecule is Cc1ccc(NC(=O)CNc2ccc(C)c(F)c2)cc1. The highest BCUT2D eigenvalue weighted by molar-refractivity contribution is 5.93. The average Bonchev–Trinajstić information content (AvgIpc) is 2.43. The largest absolute Gasteiger partial charge is 0.376 e. The van der Waals surface area contributed by atoms with Crippen LogP contribution in [0.15, 0.2) is 42.5 Å². The van der Waals surface area contributed by atoms with Crippen molar-refractivity contribution in [3.05, 3.63) is 59.4 Å². The Morgan fingerprint density at radius 3 is 2.35 bits per heavy atom. The van der Waals surface area contributed by atoms with E-state index in [0.717, 1.165) is 11.3 Å². The molecule has 0 bridgehead atoms. The zero-order valence-electron chi connectivity index (χ0n) is 11.5. The molecule has 104 valence electrons. The van der Waals surface area contributed by atoms with Gasteiger partial charge in [0.1, 0.15) is 5.82 Å². The third-order valence-electron chi connectivity index (χ3n) is 2.96. The number of halogens is 1. The number of anilines is 2. The van der Waals surface area contributed by atoms with Crippen molar-refractivity contribution in [3.8, 4) is 0 Å². The first kappa shape index (κ1) is 14.1. The van der Waals surface area contributed by atoms with Crippen LogP contribution in [0.25, 0.3) is 0 Å². The number of hydrogen-bond donors (Lipinski definition) is 2. The molecule has 2 N–H and O–H groups in total. The van der Waals surface area contributed by atoms with Crippen LogP contribution in [-0.4, -0.2) is 12.5 Å².